The summed E-state index contributed by atoms with van der Waals surface area (Å²) in [6.07, 6.45) is 7.57. The Morgan fingerprint density at radius 3 is 2.65 bits per heavy atom. The number of carboxylic acids is 1. The molecule has 0 aromatic rings. The molecule has 2 atom stereocenters. The molecule has 1 aliphatic heterocycles. The molecule has 1 heterocycles. The second-order valence-electron chi connectivity index (χ2n) is 6.12. The molecular weight excluding hydrogens is 256 g/mol. The third kappa shape index (κ3) is 4.12. The summed E-state index contributed by atoms with van der Waals surface area (Å²) in [4.78, 5) is 25.3. The molecule has 0 radical (unpaired) electrons. The van der Waals surface area contributed by atoms with Crippen molar-refractivity contribution < 1.29 is 14.7 Å². The zero-order valence-corrected chi connectivity index (χ0v) is 12.3. The summed E-state index contributed by atoms with van der Waals surface area (Å²) in [5, 5.41) is 11.9. The first-order valence-electron chi connectivity index (χ1n) is 7.90. The Morgan fingerprint density at radius 2 is 2.05 bits per heavy atom. The van der Waals surface area contributed by atoms with Crippen LogP contribution in [-0.4, -0.2) is 40.6 Å². The van der Waals surface area contributed by atoms with Crippen LogP contribution in [0, 0.1) is 5.92 Å². The van der Waals surface area contributed by atoms with E-state index in [4.69, 9.17) is 5.11 Å². The molecule has 20 heavy (non-hydrogen) atoms. The highest BCUT2D eigenvalue weighted by Gasteiger charge is 2.35. The van der Waals surface area contributed by atoms with Gasteiger partial charge in [0, 0.05) is 18.6 Å². The van der Waals surface area contributed by atoms with Gasteiger partial charge in [-0.25, -0.2) is 4.79 Å². The number of urea groups is 1. The van der Waals surface area contributed by atoms with Crippen LogP contribution in [0.15, 0.2) is 0 Å². The van der Waals surface area contributed by atoms with Gasteiger partial charge in [-0.2, -0.15) is 0 Å². The fourth-order valence-corrected chi connectivity index (χ4v) is 3.17. The van der Waals surface area contributed by atoms with Crippen molar-refractivity contribution >= 4 is 12.0 Å². The maximum atomic E-state index is 12.4. The Bertz CT molecular complexity index is 353. The van der Waals surface area contributed by atoms with E-state index in [1.54, 1.807) is 0 Å². The quantitative estimate of drug-likeness (QED) is 0.786. The number of hydrogen-bond donors (Lipinski definition) is 2. The lowest BCUT2D eigenvalue weighted by molar-refractivity contribution is -0.137. The van der Waals surface area contributed by atoms with Crippen LogP contribution >= 0.6 is 0 Å². The molecule has 0 aromatic heterocycles. The molecular formula is C15H26N2O3. The van der Waals surface area contributed by atoms with Crippen LogP contribution < -0.4 is 5.32 Å². The van der Waals surface area contributed by atoms with Crippen LogP contribution in [0.5, 0.6) is 0 Å². The van der Waals surface area contributed by atoms with Gasteiger partial charge in [-0.3, -0.25) is 4.79 Å². The topological polar surface area (TPSA) is 69.6 Å². The van der Waals surface area contributed by atoms with Crippen molar-refractivity contribution in [3.05, 3.63) is 0 Å². The van der Waals surface area contributed by atoms with Gasteiger partial charge in [0.05, 0.1) is 6.42 Å². The first-order chi connectivity index (χ1) is 9.61. The third-order valence-corrected chi connectivity index (χ3v) is 4.40. The van der Waals surface area contributed by atoms with E-state index < -0.39 is 5.97 Å². The molecule has 2 fully saturated rings. The lowest BCUT2D eigenvalue weighted by atomic mass is 9.98. The predicted molar refractivity (Wildman–Crippen MR) is 76.5 cm³/mol. The first kappa shape index (κ1) is 15.1. The largest absolute Gasteiger partial charge is 0.481 e. The molecule has 2 N–H and O–H groups in total. The van der Waals surface area contributed by atoms with Crippen molar-refractivity contribution in [1.29, 1.82) is 0 Å². The lowest BCUT2D eigenvalue weighted by Crippen LogP contribution is -2.52. The minimum absolute atomic E-state index is 0.0443. The van der Waals surface area contributed by atoms with E-state index in [-0.39, 0.29) is 18.5 Å². The standard InChI is InChI=1S/C15H26N2O3/c1-2-5-12-6-3-4-9-17(12)15(20)16-13(10-14(18)19)11-7-8-11/h11-13H,2-10H2,1H3,(H,16,20)(H,18,19). The van der Waals surface area contributed by atoms with Crippen LogP contribution in [-0.2, 0) is 4.79 Å². The number of carbonyl (C=O) groups is 2. The molecule has 2 unspecified atom stereocenters. The number of nitrogens with one attached hydrogen (secondary N) is 1. The number of nitrogens with zero attached hydrogens (tertiary/aromatic N) is 1. The summed E-state index contributed by atoms with van der Waals surface area (Å²) >= 11 is 0. The highest BCUT2D eigenvalue weighted by Crippen LogP contribution is 2.34. The van der Waals surface area contributed by atoms with E-state index in [2.05, 4.69) is 12.2 Å². The fraction of sp³-hybridized carbons (Fsp3) is 0.867. The monoisotopic (exact) mass is 282 g/mol. The first-order valence-corrected chi connectivity index (χ1v) is 7.90. The maximum Gasteiger partial charge on any atom is 0.317 e. The van der Waals surface area contributed by atoms with Gasteiger partial charge in [-0.15, -0.1) is 0 Å². The summed E-state index contributed by atoms with van der Waals surface area (Å²) < 4.78 is 0. The predicted octanol–water partition coefficient (Wildman–Crippen LogP) is 2.60. The van der Waals surface area contributed by atoms with Crippen LogP contribution in [0.25, 0.3) is 0 Å². The molecule has 114 valence electrons. The van der Waals surface area contributed by atoms with Crippen molar-refractivity contribution in [1.82, 2.24) is 10.2 Å². The Morgan fingerprint density at radius 1 is 1.30 bits per heavy atom. The zero-order chi connectivity index (χ0) is 14.5. The molecule has 5 nitrogen and oxygen atoms in total. The van der Waals surface area contributed by atoms with E-state index in [1.807, 2.05) is 4.90 Å². The summed E-state index contributed by atoms with van der Waals surface area (Å²) in [6, 6.07) is 0.0870. The van der Waals surface area contributed by atoms with Crippen molar-refractivity contribution in [2.75, 3.05) is 6.54 Å². The van der Waals surface area contributed by atoms with Crippen molar-refractivity contribution in [3.8, 4) is 0 Å². The number of amides is 2. The molecule has 2 amide bonds. The van der Waals surface area contributed by atoms with E-state index in [9.17, 15) is 9.59 Å². The van der Waals surface area contributed by atoms with Gasteiger partial charge in [0.2, 0.25) is 0 Å². The summed E-state index contributed by atoms with van der Waals surface area (Å²) in [5.74, 6) is -0.463. The number of carboxylic acid groups (broad SMARTS) is 1. The lowest BCUT2D eigenvalue weighted by Gasteiger charge is -2.36. The highest BCUT2D eigenvalue weighted by atomic mass is 16.4. The van der Waals surface area contributed by atoms with Crippen LogP contribution in [0.3, 0.4) is 0 Å². The molecule has 1 aliphatic carbocycles. The second-order valence-corrected chi connectivity index (χ2v) is 6.12. The van der Waals surface area contributed by atoms with E-state index in [1.165, 1.54) is 6.42 Å². The maximum absolute atomic E-state index is 12.4. The Kier molecular flexibility index (Phi) is 5.26. The van der Waals surface area contributed by atoms with E-state index in [0.29, 0.717) is 12.0 Å². The highest BCUT2D eigenvalue weighted by molar-refractivity contribution is 5.76. The second kappa shape index (κ2) is 6.95. The minimum atomic E-state index is -0.828. The summed E-state index contributed by atoms with van der Waals surface area (Å²) in [6.45, 7) is 2.95. The molecule has 0 spiro atoms. The number of aliphatic carboxylic acids is 1. The molecule has 1 saturated heterocycles. The molecule has 5 heteroatoms. The van der Waals surface area contributed by atoms with Crippen molar-refractivity contribution in [2.24, 2.45) is 5.92 Å². The fourth-order valence-electron chi connectivity index (χ4n) is 3.17. The summed E-state index contributed by atoms with van der Waals surface area (Å²) in [7, 11) is 0. The summed E-state index contributed by atoms with van der Waals surface area (Å²) in [5.41, 5.74) is 0. The number of hydrogen-bond acceptors (Lipinski definition) is 2. The van der Waals surface area contributed by atoms with E-state index >= 15 is 0 Å². The number of piperidine rings is 1. The Labute approximate surface area is 120 Å². The normalized spacial score (nSPS) is 24.2. The van der Waals surface area contributed by atoms with Crippen LogP contribution in [0.1, 0.15) is 58.3 Å². The number of rotatable bonds is 6. The van der Waals surface area contributed by atoms with Gasteiger partial charge in [-0.05, 0) is 44.4 Å². The average molecular weight is 282 g/mol. The van der Waals surface area contributed by atoms with Gasteiger partial charge >= 0.3 is 12.0 Å². The smallest absolute Gasteiger partial charge is 0.317 e. The van der Waals surface area contributed by atoms with Crippen LogP contribution in [0.4, 0.5) is 4.79 Å². The van der Waals surface area contributed by atoms with Gasteiger partial charge in [0.25, 0.3) is 0 Å². The Balaban J connectivity index is 1.92. The van der Waals surface area contributed by atoms with Crippen molar-refractivity contribution in [3.63, 3.8) is 0 Å². The van der Waals surface area contributed by atoms with Gasteiger partial charge in [0.1, 0.15) is 0 Å². The molecule has 0 aromatic carbocycles. The number of carbonyl (C=O) groups excluding carboxylic acids is 1. The SMILES string of the molecule is CCCC1CCCCN1C(=O)NC(CC(=O)O)C1CC1. The minimum Gasteiger partial charge on any atom is -0.481 e. The van der Waals surface area contributed by atoms with Gasteiger partial charge in [-0.1, -0.05) is 13.3 Å². The zero-order valence-electron chi connectivity index (χ0n) is 12.3. The molecule has 2 rings (SSSR count). The van der Waals surface area contributed by atoms with Crippen molar-refractivity contribution in [2.45, 2.75) is 70.4 Å². The van der Waals surface area contributed by atoms with E-state index in [0.717, 1.165) is 45.1 Å². The van der Waals surface area contributed by atoms with Crippen LogP contribution in [0.2, 0.25) is 0 Å². The Hall–Kier alpha value is -1.26. The average Bonchev–Trinajstić information content (AvgIpc) is 3.22. The third-order valence-electron chi connectivity index (χ3n) is 4.40. The van der Waals surface area contributed by atoms with Gasteiger partial charge in [0.15, 0.2) is 0 Å². The number of likely N-dealkylation sites (tertiary alicyclic amines) is 1. The molecule has 0 bridgehead atoms. The molecule has 1 saturated carbocycles. The molecule has 2 aliphatic rings. The van der Waals surface area contributed by atoms with Gasteiger partial charge < -0.3 is 15.3 Å².